The van der Waals surface area contributed by atoms with Crippen LogP contribution in [0.15, 0.2) is 24.3 Å². The first-order valence-electron chi connectivity index (χ1n) is 7.72. The molecule has 2 saturated carbocycles. The van der Waals surface area contributed by atoms with Crippen molar-refractivity contribution in [2.75, 3.05) is 0 Å². The van der Waals surface area contributed by atoms with Gasteiger partial charge in [0.15, 0.2) is 0 Å². The molecule has 7 heteroatoms. The molecule has 0 bridgehead atoms. The lowest BCUT2D eigenvalue weighted by Crippen LogP contribution is -2.61. The second kappa shape index (κ2) is 6.28. The van der Waals surface area contributed by atoms with Crippen LogP contribution in [0, 0.1) is 5.41 Å². The van der Waals surface area contributed by atoms with E-state index >= 15 is 0 Å². The SMILES string of the molecule is O=C(O)NC1CC2(C1)CC(NC(=O)NCc1ccc(Cl)cc1)C2. The summed E-state index contributed by atoms with van der Waals surface area (Å²) in [6.07, 6.45) is 2.66. The second-order valence-electron chi connectivity index (χ2n) is 6.61. The molecule has 0 radical (unpaired) electrons. The van der Waals surface area contributed by atoms with E-state index in [0.29, 0.717) is 11.6 Å². The summed E-state index contributed by atoms with van der Waals surface area (Å²) in [6, 6.07) is 7.45. The smallest absolute Gasteiger partial charge is 0.404 e. The number of halogens is 1. The molecule has 2 fully saturated rings. The van der Waals surface area contributed by atoms with Gasteiger partial charge >= 0.3 is 12.1 Å². The highest BCUT2D eigenvalue weighted by Crippen LogP contribution is 2.55. The van der Waals surface area contributed by atoms with E-state index in [4.69, 9.17) is 16.7 Å². The zero-order valence-electron chi connectivity index (χ0n) is 12.6. The quantitative estimate of drug-likeness (QED) is 0.681. The van der Waals surface area contributed by atoms with E-state index in [9.17, 15) is 9.59 Å². The van der Waals surface area contributed by atoms with Gasteiger partial charge in [0.25, 0.3) is 0 Å². The minimum Gasteiger partial charge on any atom is -0.465 e. The summed E-state index contributed by atoms with van der Waals surface area (Å²) in [5.41, 5.74) is 1.23. The Kier molecular flexibility index (Phi) is 4.35. The van der Waals surface area contributed by atoms with E-state index in [1.807, 2.05) is 12.1 Å². The number of hydrogen-bond donors (Lipinski definition) is 4. The molecule has 0 atom stereocenters. The Morgan fingerprint density at radius 2 is 1.65 bits per heavy atom. The fourth-order valence-corrected chi connectivity index (χ4v) is 3.83. The number of amides is 3. The van der Waals surface area contributed by atoms with Crippen LogP contribution < -0.4 is 16.0 Å². The molecule has 0 aliphatic heterocycles. The van der Waals surface area contributed by atoms with Crippen molar-refractivity contribution in [2.45, 2.75) is 44.3 Å². The summed E-state index contributed by atoms with van der Waals surface area (Å²) >= 11 is 5.82. The molecule has 1 spiro atoms. The van der Waals surface area contributed by atoms with Gasteiger partial charge in [-0.2, -0.15) is 0 Å². The number of carbonyl (C=O) groups is 2. The van der Waals surface area contributed by atoms with Crippen molar-refractivity contribution in [2.24, 2.45) is 5.41 Å². The summed E-state index contributed by atoms with van der Waals surface area (Å²) in [4.78, 5) is 22.4. The van der Waals surface area contributed by atoms with Crippen LogP contribution >= 0.6 is 11.6 Å². The number of benzene rings is 1. The van der Waals surface area contributed by atoms with Gasteiger partial charge in [-0.25, -0.2) is 9.59 Å². The Bertz CT molecular complexity index is 591. The Hall–Kier alpha value is -1.95. The third kappa shape index (κ3) is 3.88. The number of carboxylic acid groups (broad SMARTS) is 1. The molecule has 4 N–H and O–H groups in total. The minimum atomic E-state index is -0.958. The van der Waals surface area contributed by atoms with E-state index in [1.54, 1.807) is 12.1 Å². The lowest BCUT2D eigenvalue weighted by Gasteiger charge is -2.57. The van der Waals surface area contributed by atoms with Crippen molar-refractivity contribution >= 4 is 23.7 Å². The maximum Gasteiger partial charge on any atom is 0.404 e. The molecule has 124 valence electrons. The topological polar surface area (TPSA) is 90.5 Å². The van der Waals surface area contributed by atoms with Crippen molar-refractivity contribution < 1.29 is 14.7 Å². The lowest BCUT2D eigenvalue weighted by molar-refractivity contribution is -0.0237. The third-order valence-electron chi connectivity index (χ3n) is 4.75. The van der Waals surface area contributed by atoms with Crippen LogP contribution in [0.1, 0.15) is 31.2 Å². The third-order valence-corrected chi connectivity index (χ3v) is 5.00. The zero-order chi connectivity index (χ0) is 16.4. The average Bonchev–Trinajstić information content (AvgIpc) is 2.41. The van der Waals surface area contributed by atoms with Crippen molar-refractivity contribution in [1.82, 2.24) is 16.0 Å². The number of carbonyl (C=O) groups excluding carboxylic acids is 1. The molecule has 1 aromatic rings. The monoisotopic (exact) mass is 337 g/mol. The van der Waals surface area contributed by atoms with Crippen molar-refractivity contribution in [3.05, 3.63) is 34.9 Å². The maximum absolute atomic E-state index is 11.9. The van der Waals surface area contributed by atoms with Gasteiger partial charge in [0.05, 0.1) is 0 Å². The molecular weight excluding hydrogens is 318 g/mol. The van der Waals surface area contributed by atoms with Gasteiger partial charge in [0, 0.05) is 23.7 Å². The van der Waals surface area contributed by atoms with Gasteiger partial charge in [-0.05, 0) is 48.8 Å². The van der Waals surface area contributed by atoms with Crippen LogP contribution in [0.25, 0.3) is 0 Å². The summed E-state index contributed by atoms with van der Waals surface area (Å²) in [6.45, 7) is 0.464. The molecule has 23 heavy (non-hydrogen) atoms. The molecule has 1 aromatic carbocycles. The van der Waals surface area contributed by atoms with E-state index in [-0.39, 0.29) is 23.5 Å². The standard InChI is InChI=1S/C16H20ClN3O3/c17-11-3-1-10(2-4-11)9-18-14(21)19-12-5-16(6-12)7-13(8-16)20-15(22)23/h1-4,12-13,20H,5-9H2,(H,22,23)(H2,18,19,21). The summed E-state index contributed by atoms with van der Waals surface area (Å²) in [5.74, 6) is 0. The summed E-state index contributed by atoms with van der Waals surface area (Å²) in [7, 11) is 0. The van der Waals surface area contributed by atoms with Crippen LogP contribution in [-0.2, 0) is 6.54 Å². The van der Waals surface area contributed by atoms with Crippen LogP contribution in [0.5, 0.6) is 0 Å². The normalized spacial score (nSPS) is 28.4. The van der Waals surface area contributed by atoms with Crippen molar-refractivity contribution in [3.63, 3.8) is 0 Å². The molecule has 6 nitrogen and oxygen atoms in total. The summed E-state index contributed by atoms with van der Waals surface area (Å²) < 4.78 is 0. The zero-order valence-corrected chi connectivity index (χ0v) is 13.4. The van der Waals surface area contributed by atoms with Gasteiger partial charge in [-0.1, -0.05) is 23.7 Å². The summed E-state index contributed by atoms with van der Waals surface area (Å²) in [5, 5.41) is 17.6. The molecule has 0 unspecified atom stereocenters. The Morgan fingerprint density at radius 1 is 1.09 bits per heavy atom. The molecule has 0 heterocycles. The van der Waals surface area contributed by atoms with Crippen molar-refractivity contribution in [1.29, 1.82) is 0 Å². The average molecular weight is 338 g/mol. The van der Waals surface area contributed by atoms with Crippen molar-refractivity contribution in [3.8, 4) is 0 Å². The van der Waals surface area contributed by atoms with Crippen LogP contribution in [-0.4, -0.2) is 29.3 Å². The number of hydrogen-bond acceptors (Lipinski definition) is 2. The first-order valence-corrected chi connectivity index (χ1v) is 8.10. The molecule has 2 aliphatic rings. The number of rotatable bonds is 4. The first kappa shape index (κ1) is 15.9. The highest BCUT2D eigenvalue weighted by atomic mass is 35.5. The highest BCUT2D eigenvalue weighted by Gasteiger charge is 2.53. The van der Waals surface area contributed by atoms with E-state index in [1.165, 1.54) is 0 Å². The molecule has 0 aromatic heterocycles. The second-order valence-corrected chi connectivity index (χ2v) is 7.05. The van der Waals surface area contributed by atoms with E-state index in [0.717, 1.165) is 31.2 Å². The number of nitrogens with one attached hydrogen (secondary N) is 3. The predicted molar refractivity (Wildman–Crippen MR) is 86.5 cm³/mol. The van der Waals surface area contributed by atoms with Gasteiger partial charge < -0.3 is 21.1 Å². The Morgan fingerprint density at radius 3 is 2.22 bits per heavy atom. The maximum atomic E-state index is 11.9. The van der Waals surface area contributed by atoms with Gasteiger partial charge in [0.1, 0.15) is 0 Å². The fourth-order valence-electron chi connectivity index (χ4n) is 3.70. The molecule has 2 aliphatic carbocycles. The largest absolute Gasteiger partial charge is 0.465 e. The molecule has 3 rings (SSSR count). The van der Waals surface area contributed by atoms with Gasteiger partial charge in [-0.15, -0.1) is 0 Å². The first-order chi connectivity index (χ1) is 10.9. The Balaban J connectivity index is 1.33. The predicted octanol–water partition coefficient (Wildman–Crippen LogP) is 2.72. The van der Waals surface area contributed by atoms with Gasteiger partial charge in [-0.3, -0.25) is 0 Å². The fraction of sp³-hybridized carbons (Fsp3) is 0.500. The highest BCUT2D eigenvalue weighted by molar-refractivity contribution is 6.30. The van der Waals surface area contributed by atoms with E-state index in [2.05, 4.69) is 16.0 Å². The van der Waals surface area contributed by atoms with Crippen LogP contribution in [0.3, 0.4) is 0 Å². The van der Waals surface area contributed by atoms with Crippen LogP contribution in [0.2, 0.25) is 5.02 Å². The molecule has 0 saturated heterocycles. The van der Waals surface area contributed by atoms with E-state index < -0.39 is 6.09 Å². The molecule has 3 amide bonds. The van der Waals surface area contributed by atoms with Crippen LogP contribution in [0.4, 0.5) is 9.59 Å². The lowest BCUT2D eigenvalue weighted by atomic mass is 9.52. The number of urea groups is 1. The Labute approximate surface area is 139 Å². The molecular formula is C16H20ClN3O3. The van der Waals surface area contributed by atoms with Gasteiger partial charge in [0.2, 0.25) is 0 Å². The minimum absolute atomic E-state index is 0.0761.